The Kier molecular flexibility index (Phi) is 4.22. The molecule has 1 aliphatic carbocycles. The van der Waals surface area contributed by atoms with Gasteiger partial charge in [0, 0.05) is 0 Å². The van der Waals surface area contributed by atoms with Crippen molar-refractivity contribution < 1.29 is 5.11 Å². The standard InChI is InChI=1S/C16H24O/c1-12-5-3-7-14(9-12)11-16(17)15-8-4-6-13(2)10-15/h3,5,7,9,13,15-17H,4,6,8,10-11H2,1-2H3. The third-order valence-corrected chi connectivity index (χ3v) is 4.05. The Balaban J connectivity index is 1.94. The van der Waals surface area contributed by atoms with Gasteiger partial charge < -0.3 is 5.11 Å². The molecule has 2 rings (SSSR count). The summed E-state index contributed by atoms with van der Waals surface area (Å²) in [6, 6.07) is 8.51. The Morgan fingerprint density at radius 1 is 1.35 bits per heavy atom. The summed E-state index contributed by atoms with van der Waals surface area (Å²) in [5.41, 5.74) is 2.56. The van der Waals surface area contributed by atoms with Crippen molar-refractivity contribution in [3.05, 3.63) is 35.4 Å². The molecule has 1 nitrogen and oxygen atoms in total. The van der Waals surface area contributed by atoms with Crippen LogP contribution in [0.25, 0.3) is 0 Å². The maximum atomic E-state index is 10.3. The van der Waals surface area contributed by atoms with Crippen molar-refractivity contribution in [1.29, 1.82) is 0 Å². The maximum absolute atomic E-state index is 10.3. The van der Waals surface area contributed by atoms with Crippen LogP contribution >= 0.6 is 0 Å². The average Bonchev–Trinajstić information content (AvgIpc) is 2.29. The van der Waals surface area contributed by atoms with Gasteiger partial charge in [-0.25, -0.2) is 0 Å². The zero-order valence-electron chi connectivity index (χ0n) is 11.0. The van der Waals surface area contributed by atoms with Crippen LogP contribution in [-0.4, -0.2) is 11.2 Å². The molecule has 3 unspecified atom stereocenters. The van der Waals surface area contributed by atoms with Crippen molar-refractivity contribution in [2.24, 2.45) is 11.8 Å². The summed E-state index contributed by atoms with van der Waals surface area (Å²) in [6.07, 6.45) is 5.70. The minimum absolute atomic E-state index is 0.153. The van der Waals surface area contributed by atoms with Gasteiger partial charge in [0.2, 0.25) is 0 Å². The Morgan fingerprint density at radius 2 is 2.18 bits per heavy atom. The summed E-state index contributed by atoms with van der Waals surface area (Å²) in [5.74, 6) is 1.31. The first kappa shape index (κ1) is 12.6. The van der Waals surface area contributed by atoms with Crippen LogP contribution in [0.4, 0.5) is 0 Å². The second-order valence-electron chi connectivity index (χ2n) is 5.79. The van der Waals surface area contributed by atoms with E-state index in [1.165, 1.54) is 36.8 Å². The van der Waals surface area contributed by atoms with Gasteiger partial charge in [-0.3, -0.25) is 0 Å². The number of hydrogen-bond acceptors (Lipinski definition) is 1. The smallest absolute Gasteiger partial charge is 0.0608 e. The molecule has 0 radical (unpaired) electrons. The van der Waals surface area contributed by atoms with E-state index in [4.69, 9.17) is 0 Å². The van der Waals surface area contributed by atoms with Crippen molar-refractivity contribution >= 4 is 0 Å². The van der Waals surface area contributed by atoms with Crippen molar-refractivity contribution in [3.8, 4) is 0 Å². The predicted octanol–water partition coefficient (Wildman–Crippen LogP) is 3.72. The Morgan fingerprint density at radius 3 is 2.88 bits per heavy atom. The first-order chi connectivity index (χ1) is 8.15. The lowest BCUT2D eigenvalue weighted by molar-refractivity contribution is 0.0720. The van der Waals surface area contributed by atoms with Crippen LogP contribution < -0.4 is 0 Å². The van der Waals surface area contributed by atoms with Crippen LogP contribution in [0.15, 0.2) is 24.3 Å². The third-order valence-electron chi connectivity index (χ3n) is 4.05. The number of aliphatic hydroxyl groups excluding tert-OH is 1. The minimum atomic E-state index is -0.153. The molecule has 0 aromatic heterocycles. The molecule has 0 saturated heterocycles. The van der Waals surface area contributed by atoms with Gasteiger partial charge in [0.1, 0.15) is 0 Å². The zero-order valence-corrected chi connectivity index (χ0v) is 11.0. The van der Waals surface area contributed by atoms with Gasteiger partial charge in [0.15, 0.2) is 0 Å². The van der Waals surface area contributed by atoms with E-state index in [1.807, 2.05) is 0 Å². The van der Waals surface area contributed by atoms with Gasteiger partial charge in [-0.05, 0) is 43.6 Å². The van der Waals surface area contributed by atoms with Crippen molar-refractivity contribution in [1.82, 2.24) is 0 Å². The van der Waals surface area contributed by atoms with Crippen molar-refractivity contribution in [2.75, 3.05) is 0 Å². The molecule has 3 atom stereocenters. The molecular formula is C16H24O. The van der Waals surface area contributed by atoms with E-state index in [1.54, 1.807) is 0 Å². The number of hydrogen-bond donors (Lipinski definition) is 1. The second-order valence-corrected chi connectivity index (χ2v) is 5.79. The molecule has 1 aromatic rings. The Bertz CT molecular complexity index is 358. The van der Waals surface area contributed by atoms with Gasteiger partial charge >= 0.3 is 0 Å². The molecule has 94 valence electrons. The van der Waals surface area contributed by atoms with Crippen LogP contribution in [0, 0.1) is 18.8 Å². The van der Waals surface area contributed by atoms with Gasteiger partial charge in [0.25, 0.3) is 0 Å². The summed E-state index contributed by atoms with van der Waals surface area (Å²) in [5, 5.41) is 10.3. The molecule has 17 heavy (non-hydrogen) atoms. The maximum Gasteiger partial charge on any atom is 0.0608 e. The first-order valence-corrected chi connectivity index (χ1v) is 6.89. The molecular weight excluding hydrogens is 208 g/mol. The van der Waals surface area contributed by atoms with E-state index in [-0.39, 0.29) is 6.10 Å². The summed E-state index contributed by atoms with van der Waals surface area (Å²) in [7, 11) is 0. The summed E-state index contributed by atoms with van der Waals surface area (Å²) in [6.45, 7) is 4.42. The van der Waals surface area contributed by atoms with Crippen LogP contribution in [0.2, 0.25) is 0 Å². The van der Waals surface area contributed by atoms with E-state index in [0.29, 0.717) is 5.92 Å². The lowest BCUT2D eigenvalue weighted by Gasteiger charge is -2.30. The summed E-state index contributed by atoms with van der Waals surface area (Å²) < 4.78 is 0. The number of aliphatic hydroxyl groups is 1. The van der Waals surface area contributed by atoms with Crippen LogP contribution in [0.1, 0.15) is 43.7 Å². The van der Waals surface area contributed by atoms with Crippen LogP contribution in [0.3, 0.4) is 0 Å². The topological polar surface area (TPSA) is 20.2 Å². The first-order valence-electron chi connectivity index (χ1n) is 6.89. The SMILES string of the molecule is Cc1cccc(CC(O)C2CCCC(C)C2)c1. The highest BCUT2D eigenvalue weighted by Crippen LogP contribution is 2.31. The third kappa shape index (κ3) is 3.57. The van der Waals surface area contributed by atoms with Gasteiger partial charge in [-0.1, -0.05) is 49.6 Å². The fourth-order valence-electron chi connectivity index (χ4n) is 3.08. The van der Waals surface area contributed by atoms with Crippen molar-refractivity contribution in [2.45, 2.75) is 52.1 Å². The molecule has 1 fully saturated rings. The molecule has 0 aliphatic heterocycles. The second kappa shape index (κ2) is 5.68. The molecule has 1 heteroatoms. The monoisotopic (exact) mass is 232 g/mol. The molecule has 1 aliphatic rings. The average molecular weight is 232 g/mol. The fourth-order valence-corrected chi connectivity index (χ4v) is 3.08. The Labute approximate surface area is 105 Å². The molecule has 1 aromatic carbocycles. The number of aryl methyl sites for hydroxylation is 1. The highest BCUT2D eigenvalue weighted by molar-refractivity contribution is 5.22. The van der Waals surface area contributed by atoms with E-state index in [2.05, 4.69) is 38.1 Å². The van der Waals surface area contributed by atoms with E-state index >= 15 is 0 Å². The largest absolute Gasteiger partial charge is 0.392 e. The summed E-state index contributed by atoms with van der Waals surface area (Å²) >= 11 is 0. The quantitative estimate of drug-likeness (QED) is 0.842. The van der Waals surface area contributed by atoms with E-state index in [9.17, 15) is 5.11 Å². The van der Waals surface area contributed by atoms with E-state index < -0.39 is 0 Å². The van der Waals surface area contributed by atoms with Gasteiger partial charge in [-0.2, -0.15) is 0 Å². The molecule has 1 N–H and O–H groups in total. The minimum Gasteiger partial charge on any atom is -0.392 e. The van der Waals surface area contributed by atoms with Crippen LogP contribution in [-0.2, 0) is 6.42 Å². The Hall–Kier alpha value is -0.820. The number of rotatable bonds is 3. The number of benzene rings is 1. The predicted molar refractivity (Wildman–Crippen MR) is 72.0 cm³/mol. The van der Waals surface area contributed by atoms with Crippen LogP contribution in [0.5, 0.6) is 0 Å². The lowest BCUT2D eigenvalue weighted by atomic mass is 9.78. The normalized spacial score (nSPS) is 26.8. The van der Waals surface area contributed by atoms with Crippen molar-refractivity contribution in [3.63, 3.8) is 0 Å². The lowest BCUT2D eigenvalue weighted by Crippen LogP contribution is -2.27. The van der Waals surface area contributed by atoms with E-state index in [0.717, 1.165) is 12.3 Å². The summed E-state index contributed by atoms with van der Waals surface area (Å²) in [4.78, 5) is 0. The zero-order chi connectivity index (χ0) is 12.3. The molecule has 0 spiro atoms. The highest BCUT2D eigenvalue weighted by atomic mass is 16.3. The van der Waals surface area contributed by atoms with Gasteiger partial charge in [0.05, 0.1) is 6.10 Å². The molecule has 0 bridgehead atoms. The fraction of sp³-hybridized carbons (Fsp3) is 0.625. The highest BCUT2D eigenvalue weighted by Gasteiger charge is 2.25. The molecule has 1 saturated carbocycles. The molecule has 0 heterocycles. The molecule has 0 amide bonds. The van der Waals surface area contributed by atoms with Gasteiger partial charge in [-0.15, -0.1) is 0 Å².